The van der Waals surface area contributed by atoms with Gasteiger partial charge in [0, 0.05) is 29.1 Å². The second kappa shape index (κ2) is 7.95. The van der Waals surface area contributed by atoms with Gasteiger partial charge in [-0.1, -0.05) is 6.92 Å². The predicted octanol–water partition coefficient (Wildman–Crippen LogP) is 4.58. The third-order valence-corrected chi connectivity index (χ3v) is 4.01. The number of benzene rings is 2. The van der Waals surface area contributed by atoms with E-state index in [1.54, 1.807) is 24.3 Å². The minimum absolute atomic E-state index is 0.112. The fourth-order valence-electron chi connectivity index (χ4n) is 2.72. The van der Waals surface area contributed by atoms with Crippen molar-refractivity contribution in [3.05, 3.63) is 59.9 Å². The maximum atomic E-state index is 13.2. The number of carbonyl (C=O) groups excluding carboxylic acids is 1. The van der Waals surface area contributed by atoms with Gasteiger partial charge in [-0.05, 0) is 55.8 Å². The number of fused-ring (bicyclic) bond motifs is 1. The number of amides is 1. The van der Waals surface area contributed by atoms with Gasteiger partial charge in [0.2, 0.25) is 0 Å². The molecular formula is C21H21FN2O2. The summed E-state index contributed by atoms with van der Waals surface area (Å²) in [7, 11) is 0. The van der Waals surface area contributed by atoms with Crippen LogP contribution in [0, 0.1) is 5.82 Å². The van der Waals surface area contributed by atoms with Gasteiger partial charge in [-0.15, -0.1) is 0 Å². The number of aromatic nitrogens is 1. The van der Waals surface area contributed by atoms with E-state index >= 15 is 0 Å². The molecule has 0 spiro atoms. The monoisotopic (exact) mass is 352 g/mol. The standard InChI is InChI=1S/C21H21FN2O2/c1-3-11-23-21(25)15-7-10-18-17(12-15)20(26-4-2)13-19(24-18)14-5-8-16(22)9-6-14/h5-10,12-13H,3-4,11H2,1-2H3,(H,23,25). The highest BCUT2D eigenvalue weighted by Crippen LogP contribution is 2.31. The number of hydrogen-bond donors (Lipinski definition) is 1. The van der Waals surface area contributed by atoms with Crippen LogP contribution in [0.4, 0.5) is 4.39 Å². The van der Waals surface area contributed by atoms with E-state index in [-0.39, 0.29) is 11.7 Å². The Bertz CT molecular complexity index is 923. The molecule has 0 unspecified atom stereocenters. The van der Waals surface area contributed by atoms with E-state index in [4.69, 9.17) is 4.74 Å². The first-order chi connectivity index (χ1) is 12.6. The summed E-state index contributed by atoms with van der Waals surface area (Å²) in [6.45, 7) is 5.04. The van der Waals surface area contributed by atoms with Crippen molar-refractivity contribution in [2.75, 3.05) is 13.2 Å². The summed E-state index contributed by atoms with van der Waals surface area (Å²) in [5.74, 6) is 0.253. The van der Waals surface area contributed by atoms with E-state index < -0.39 is 0 Å². The van der Waals surface area contributed by atoms with Crippen LogP contribution in [0.3, 0.4) is 0 Å². The summed E-state index contributed by atoms with van der Waals surface area (Å²) < 4.78 is 19.0. The second-order valence-corrected chi connectivity index (χ2v) is 5.93. The SMILES string of the molecule is CCCNC(=O)c1ccc2nc(-c3ccc(F)cc3)cc(OCC)c2c1. The molecule has 4 nitrogen and oxygen atoms in total. The summed E-state index contributed by atoms with van der Waals surface area (Å²) in [4.78, 5) is 16.9. The van der Waals surface area contributed by atoms with Gasteiger partial charge in [0.05, 0.1) is 17.8 Å². The van der Waals surface area contributed by atoms with E-state index in [2.05, 4.69) is 10.3 Å². The molecule has 0 saturated carbocycles. The first-order valence-electron chi connectivity index (χ1n) is 8.74. The average molecular weight is 352 g/mol. The minimum atomic E-state index is -0.290. The summed E-state index contributed by atoms with van der Waals surface area (Å²) in [5, 5.41) is 3.65. The van der Waals surface area contributed by atoms with Crippen molar-refractivity contribution in [1.82, 2.24) is 10.3 Å². The summed E-state index contributed by atoms with van der Waals surface area (Å²) in [5.41, 5.74) is 2.80. The average Bonchev–Trinajstić information content (AvgIpc) is 2.66. The fourth-order valence-corrected chi connectivity index (χ4v) is 2.72. The number of hydrogen-bond acceptors (Lipinski definition) is 3. The number of carbonyl (C=O) groups is 1. The number of nitrogens with zero attached hydrogens (tertiary/aromatic N) is 1. The normalized spacial score (nSPS) is 10.7. The molecule has 3 rings (SSSR count). The van der Waals surface area contributed by atoms with Gasteiger partial charge in [0.15, 0.2) is 0 Å². The van der Waals surface area contributed by atoms with E-state index in [0.29, 0.717) is 30.2 Å². The molecule has 0 aliphatic carbocycles. The molecule has 0 atom stereocenters. The zero-order chi connectivity index (χ0) is 18.5. The van der Waals surface area contributed by atoms with E-state index in [1.807, 2.05) is 26.0 Å². The summed E-state index contributed by atoms with van der Waals surface area (Å²) >= 11 is 0. The van der Waals surface area contributed by atoms with Crippen molar-refractivity contribution in [2.24, 2.45) is 0 Å². The van der Waals surface area contributed by atoms with E-state index in [0.717, 1.165) is 22.9 Å². The van der Waals surface area contributed by atoms with Crippen LogP contribution < -0.4 is 10.1 Å². The van der Waals surface area contributed by atoms with Gasteiger partial charge >= 0.3 is 0 Å². The predicted molar refractivity (Wildman–Crippen MR) is 101 cm³/mol. The largest absolute Gasteiger partial charge is 0.493 e. The maximum Gasteiger partial charge on any atom is 0.251 e. The molecule has 0 bridgehead atoms. The van der Waals surface area contributed by atoms with Crippen molar-refractivity contribution in [2.45, 2.75) is 20.3 Å². The molecular weight excluding hydrogens is 331 g/mol. The van der Waals surface area contributed by atoms with E-state index in [9.17, 15) is 9.18 Å². The fraction of sp³-hybridized carbons (Fsp3) is 0.238. The Morgan fingerprint density at radius 1 is 1.12 bits per heavy atom. The van der Waals surface area contributed by atoms with Gasteiger partial charge in [0.25, 0.3) is 5.91 Å². The molecule has 3 aromatic rings. The molecule has 134 valence electrons. The molecule has 0 radical (unpaired) electrons. The molecule has 5 heteroatoms. The molecule has 0 aliphatic heterocycles. The van der Waals surface area contributed by atoms with Crippen LogP contribution in [0.25, 0.3) is 22.2 Å². The van der Waals surface area contributed by atoms with Crippen LogP contribution in [0.1, 0.15) is 30.6 Å². The Morgan fingerprint density at radius 3 is 2.58 bits per heavy atom. The summed E-state index contributed by atoms with van der Waals surface area (Å²) in [6.07, 6.45) is 0.881. The van der Waals surface area contributed by atoms with Crippen LogP contribution in [0.5, 0.6) is 5.75 Å². The zero-order valence-electron chi connectivity index (χ0n) is 14.9. The van der Waals surface area contributed by atoms with Gasteiger partial charge in [-0.25, -0.2) is 9.37 Å². The Labute approximate surface area is 152 Å². The lowest BCUT2D eigenvalue weighted by Gasteiger charge is -2.12. The van der Waals surface area contributed by atoms with Crippen LogP contribution in [0.15, 0.2) is 48.5 Å². The highest BCUT2D eigenvalue weighted by molar-refractivity contribution is 5.99. The zero-order valence-corrected chi connectivity index (χ0v) is 14.9. The van der Waals surface area contributed by atoms with Crippen molar-refractivity contribution >= 4 is 16.8 Å². The van der Waals surface area contributed by atoms with Gasteiger partial charge < -0.3 is 10.1 Å². The Kier molecular flexibility index (Phi) is 5.46. The molecule has 1 N–H and O–H groups in total. The summed E-state index contributed by atoms with van der Waals surface area (Å²) in [6, 6.07) is 13.4. The molecule has 0 aliphatic rings. The van der Waals surface area contributed by atoms with Crippen LogP contribution >= 0.6 is 0 Å². The quantitative estimate of drug-likeness (QED) is 0.706. The number of ether oxygens (including phenoxy) is 1. The molecule has 1 amide bonds. The highest BCUT2D eigenvalue weighted by atomic mass is 19.1. The molecule has 0 fully saturated rings. The molecule has 0 saturated heterocycles. The van der Waals surface area contributed by atoms with Crippen LogP contribution in [0.2, 0.25) is 0 Å². The van der Waals surface area contributed by atoms with Crippen molar-refractivity contribution in [3.63, 3.8) is 0 Å². The molecule has 1 aromatic heterocycles. The third-order valence-electron chi connectivity index (χ3n) is 4.01. The highest BCUT2D eigenvalue weighted by Gasteiger charge is 2.12. The van der Waals surface area contributed by atoms with Gasteiger partial charge in [-0.3, -0.25) is 4.79 Å². The Balaban J connectivity index is 2.06. The topological polar surface area (TPSA) is 51.2 Å². The Morgan fingerprint density at radius 2 is 1.88 bits per heavy atom. The number of halogens is 1. The first-order valence-corrected chi connectivity index (χ1v) is 8.74. The molecule has 1 heterocycles. The first kappa shape index (κ1) is 17.9. The number of rotatable bonds is 6. The van der Waals surface area contributed by atoms with Crippen LogP contribution in [-0.2, 0) is 0 Å². The molecule has 2 aromatic carbocycles. The third kappa shape index (κ3) is 3.82. The number of pyridine rings is 1. The van der Waals surface area contributed by atoms with Crippen molar-refractivity contribution in [3.8, 4) is 17.0 Å². The lowest BCUT2D eigenvalue weighted by atomic mass is 10.1. The Hall–Kier alpha value is -2.95. The number of nitrogens with one attached hydrogen (secondary N) is 1. The molecule has 26 heavy (non-hydrogen) atoms. The maximum absolute atomic E-state index is 13.2. The smallest absolute Gasteiger partial charge is 0.251 e. The second-order valence-electron chi connectivity index (χ2n) is 5.93. The lowest BCUT2D eigenvalue weighted by Crippen LogP contribution is -2.23. The van der Waals surface area contributed by atoms with Gasteiger partial charge in [-0.2, -0.15) is 0 Å². The van der Waals surface area contributed by atoms with Crippen molar-refractivity contribution < 1.29 is 13.9 Å². The van der Waals surface area contributed by atoms with Crippen molar-refractivity contribution in [1.29, 1.82) is 0 Å². The van der Waals surface area contributed by atoms with E-state index in [1.165, 1.54) is 12.1 Å². The lowest BCUT2D eigenvalue weighted by molar-refractivity contribution is 0.0954. The minimum Gasteiger partial charge on any atom is -0.493 e. The van der Waals surface area contributed by atoms with Gasteiger partial charge in [0.1, 0.15) is 11.6 Å². The van der Waals surface area contributed by atoms with Crippen LogP contribution in [-0.4, -0.2) is 24.0 Å².